The van der Waals surface area contributed by atoms with E-state index in [4.69, 9.17) is 42.2 Å². The van der Waals surface area contributed by atoms with Crippen LogP contribution < -0.4 is 5.30 Å². The third-order valence-corrected chi connectivity index (χ3v) is 9.13. The summed E-state index contributed by atoms with van der Waals surface area (Å²) in [6.45, 7) is 3.09. The van der Waals surface area contributed by atoms with Gasteiger partial charge in [-0.25, -0.2) is 9.59 Å². The van der Waals surface area contributed by atoms with Crippen LogP contribution in [0.15, 0.2) is 30.3 Å². The molecule has 11 atom stereocenters. The highest BCUT2D eigenvalue weighted by atomic mass is 31.2. The molecule has 0 bridgehead atoms. The van der Waals surface area contributed by atoms with E-state index in [-0.39, 0.29) is 26.4 Å². The lowest BCUT2D eigenvalue weighted by atomic mass is 10.1. The predicted octanol–water partition coefficient (Wildman–Crippen LogP) is 0.110. The molecule has 3 unspecified atom stereocenters. The van der Waals surface area contributed by atoms with E-state index in [1.54, 1.807) is 37.3 Å². The molecule has 216 valence electrons. The second-order valence-corrected chi connectivity index (χ2v) is 11.8. The van der Waals surface area contributed by atoms with Crippen molar-refractivity contribution in [2.24, 2.45) is 0 Å². The molecule has 1 aromatic carbocycles. The van der Waals surface area contributed by atoms with Crippen LogP contribution in [0.4, 0.5) is 0 Å². The first kappa shape index (κ1) is 28.6. The number of hydrogen-bond donors (Lipinski definition) is 1. The lowest BCUT2D eigenvalue weighted by Crippen LogP contribution is -2.38. The number of aliphatic hydroxyl groups excluding tert-OH is 1. The zero-order chi connectivity index (χ0) is 27.7. The molecule has 1 aromatic rings. The van der Waals surface area contributed by atoms with E-state index in [0.717, 1.165) is 0 Å². The van der Waals surface area contributed by atoms with Gasteiger partial charge in [-0.1, -0.05) is 18.2 Å². The van der Waals surface area contributed by atoms with Gasteiger partial charge in [-0.2, -0.15) is 0 Å². The van der Waals surface area contributed by atoms with Crippen LogP contribution in [-0.4, -0.2) is 112 Å². The fourth-order valence-electron chi connectivity index (χ4n) is 4.94. The Morgan fingerprint density at radius 2 is 1.23 bits per heavy atom. The van der Waals surface area contributed by atoms with Gasteiger partial charge in [0.2, 0.25) is 0 Å². The maximum Gasteiger partial charge on any atom is 0.362 e. The molecule has 0 spiro atoms. The van der Waals surface area contributed by atoms with Gasteiger partial charge in [-0.15, -0.1) is 0 Å². The number of methoxy groups -OCH3 is 1. The van der Waals surface area contributed by atoms with Crippen LogP contribution in [0.1, 0.15) is 13.8 Å². The van der Waals surface area contributed by atoms with E-state index in [2.05, 4.69) is 0 Å². The summed E-state index contributed by atoms with van der Waals surface area (Å²) >= 11 is 0. The lowest BCUT2D eigenvalue weighted by Gasteiger charge is -2.27. The van der Waals surface area contributed by atoms with Crippen molar-refractivity contribution in [3.05, 3.63) is 30.3 Å². The summed E-state index contributed by atoms with van der Waals surface area (Å²) in [5, 5.41) is 9.78. The third kappa shape index (κ3) is 5.92. The maximum atomic E-state index is 14.4. The van der Waals surface area contributed by atoms with Crippen molar-refractivity contribution in [3.63, 3.8) is 0 Å². The Balaban J connectivity index is 1.27. The molecule has 13 nitrogen and oxygen atoms in total. The van der Waals surface area contributed by atoms with Crippen LogP contribution in [0.2, 0.25) is 0 Å². The summed E-state index contributed by atoms with van der Waals surface area (Å²) in [6.07, 6.45) is -7.55. The van der Waals surface area contributed by atoms with Gasteiger partial charge in [0, 0.05) is 7.11 Å². The smallest absolute Gasteiger partial charge is 0.362 e. The molecule has 4 saturated heterocycles. The average Bonchev–Trinajstić information content (AvgIpc) is 3.70. The van der Waals surface area contributed by atoms with Crippen molar-refractivity contribution < 1.29 is 61.5 Å². The first-order valence-corrected chi connectivity index (χ1v) is 14.3. The maximum absolute atomic E-state index is 14.4. The van der Waals surface area contributed by atoms with E-state index < -0.39 is 80.6 Å². The standard InChI is InChI=1S/C25H33O13P/c1-13(26)24(27)35-16-9-31-22-18(11-33-20(16)22)37-39(29,15-7-5-4-6-8-15)38-19-12-34-21-17(10-32-23(19)21)36-25(28)14(2)30-3/h4-8,13-14,16-23,26H,9-12H2,1-3H3/t13?,14?,16-,17+,18+,19-,20-,21-,22-,23-,39?/m1/s1. The molecule has 0 amide bonds. The highest BCUT2D eigenvalue weighted by Crippen LogP contribution is 2.53. The van der Waals surface area contributed by atoms with E-state index in [9.17, 15) is 19.3 Å². The average molecular weight is 573 g/mol. The van der Waals surface area contributed by atoms with Crippen LogP contribution in [0.3, 0.4) is 0 Å². The monoisotopic (exact) mass is 572 g/mol. The van der Waals surface area contributed by atoms with Gasteiger partial charge in [-0.05, 0) is 26.0 Å². The summed E-state index contributed by atoms with van der Waals surface area (Å²) in [7, 11) is -2.58. The zero-order valence-electron chi connectivity index (χ0n) is 21.8. The van der Waals surface area contributed by atoms with Crippen molar-refractivity contribution in [2.45, 2.75) is 74.9 Å². The molecule has 1 N–H and O–H groups in total. The number of ether oxygens (including phenoxy) is 7. The molecule has 4 aliphatic rings. The van der Waals surface area contributed by atoms with Gasteiger partial charge < -0.3 is 38.3 Å². The van der Waals surface area contributed by atoms with E-state index in [1.165, 1.54) is 14.0 Å². The SMILES string of the molecule is COC(C)C(=O)O[C@H]1CO[C@H]2[C@@H]1OC[C@H]2OP(=O)(O[C@H]1CO[C@H]2[C@@H]1OC[C@H]2OC(=O)C(C)O)c1ccccc1. The number of fused-ring (bicyclic) bond motifs is 2. The van der Waals surface area contributed by atoms with E-state index >= 15 is 0 Å². The number of rotatable bonds is 10. The summed E-state index contributed by atoms with van der Waals surface area (Å²) in [6, 6.07) is 8.48. The minimum Gasteiger partial charge on any atom is -0.455 e. The second kappa shape index (κ2) is 11.9. The predicted molar refractivity (Wildman–Crippen MR) is 130 cm³/mol. The molecule has 4 aliphatic heterocycles. The van der Waals surface area contributed by atoms with Crippen molar-refractivity contribution in [3.8, 4) is 0 Å². The Bertz CT molecular complexity index is 1070. The number of carbonyl (C=O) groups is 2. The van der Waals surface area contributed by atoms with Gasteiger partial charge in [0.15, 0.2) is 18.3 Å². The number of aliphatic hydroxyl groups is 1. The molecule has 0 radical (unpaired) electrons. The van der Waals surface area contributed by atoms with Gasteiger partial charge in [-0.3, -0.25) is 13.6 Å². The number of esters is 2. The Labute approximate surface area is 225 Å². The van der Waals surface area contributed by atoms with Crippen LogP contribution in [0, 0.1) is 0 Å². The van der Waals surface area contributed by atoms with E-state index in [1.807, 2.05) is 0 Å². The van der Waals surface area contributed by atoms with E-state index in [0.29, 0.717) is 5.30 Å². The minimum absolute atomic E-state index is 0.0255. The molecule has 0 aliphatic carbocycles. The first-order valence-electron chi connectivity index (χ1n) is 12.8. The quantitative estimate of drug-likeness (QED) is 0.298. The molecular formula is C25H33O13P. The number of carbonyl (C=O) groups excluding carboxylic acids is 2. The topological polar surface area (TPSA) is 155 Å². The zero-order valence-corrected chi connectivity index (χ0v) is 22.7. The highest BCUT2D eigenvalue weighted by molar-refractivity contribution is 7.62. The number of hydrogen-bond acceptors (Lipinski definition) is 13. The molecule has 5 rings (SSSR count). The fraction of sp³-hybridized carbons (Fsp3) is 0.680. The first-order chi connectivity index (χ1) is 18.7. The molecule has 0 aromatic heterocycles. The second-order valence-electron chi connectivity index (χ2n) is 9.82. The molecule has 4 fully saturated rings. The summed E-state index contributed by atoms with van der Waals surface area (Å²) in [4.78, 5) is 24.1. The fourth-order valence-corrected chi connectivity index (χ4v) is 6.85. The van der Waals surface area contributed by atoms with Crippen molar-refractivity contribution in [1.29, 1.82) is 0 Å². The van der Waals surface area contributed by atoms with Crippen LogP contribution in [-0.2, 0) is 56.4 Å². The Hall–Kier alpha value is -1.93. The Morgan fingerprint density at radius 1 is 0.795 bits per heavy atom. The lowest BCUT2D eigenvalue weighted by molar-refractivity contribution is -0.164. The Morgan fingerprint density at radius 3 is 1.69 bits per heavy atom. The van der Waals surface area contributed by atoms with Gasteiger partial charge in [0.05, 0.1) is 31.7 Å². The number of benzene rings is 1. The largest absolute Gasteiger partial charge is 0.455 e. The minimum atomic E-state index is -3.99. The molecule has 39 heavy (non-hydrogen) atoms. The van der Waals surface area contributed by atoms with Crippen LogP contribution in [0.25, 0.3) is 0 Å². The molecule has 0 saturated carbocycles. The van der Waals surface area contributed by atoms with Crippen molar-refractivity contribution in [2.75, 3.05) is 33.5 Å². The van der Waals surface area contributed by atoms with Crippen LogP contribution >= 0.6 is 7.60 Å². The van der Waals surface area contributed by atoms with Gasteiger partial charge in [0.25, 0.3) is 0 Å². The molecule has 14 heteroatoms. The molecular weight excluding hydrogens is 539 g/mol. The van der Waals surface area contributed by atoms with Crippen molar-refractivity contribution in [1.82, 2.24) is 0 Å². The summed E-state index contributed by atoms with van der Waals surface area (Å²) in [5.74, 6) is -1.33. The normalized spacial score (nSPS) is 36.5. The Kier molecular flexibility index (Phi) is 8.72. The van der Waals surface area contributed by atoms with Crippen LogP contribution in [0.5, 0.6) is 0 Å². The third-order valence-electron chi connectivity index (χ3n) is 7.11. The summed E-state index contributed by atoms with van der Waals surface area (Å²) in [5.41, 5.74) is 0. The van der Waals surface area contributed by atoms with Gasteiger partial charge in [0.1, 0.15) is 42.7 Å². The highest BCUT2D eigenvalue weighted by Gasteiger charge is 2.55. The van der Waals surface area contributed by atoms with Crippen molar-refractivity contribution >= 4 is 24.8 Å². The van der Waals surface area contributed by atoms with Gasteiger partial charge >= 0.3 is 19.5 Å². The summed E-state index contributed by atoms with van der Waals surface area (Å²) < 4.78 is 65.7. The molecule has 4 heterocycles.